The topological polar surface area (TPSA) is 149 Å². The van der Waals surface area contributed by atoms with E-state index in [1.165, 1.54) is 13.2 Å². The minimum Gasteiger partial charge on any atom is -0.496 e. The van der Waals surface area contributed by atoms with Gasteiger partial charge in [0, 0.05) is 0 Å². The van der Waals surface area contributed by atoms with Gasteiger partial charge in [-0.05, 0) is 55.1 Å². The maximum atomic E-state index is 12.6. The molecule has 1 saturated heterocycles. The zero-order chi connectivity index (χ0) is 24.8. The number of carboxylic acid groups (broad SMARTS) is 1. The maximum absolute atomic E-state index is 12.6. The fourth-order valence-electron chi connectivity index (χ4n) is 6.10. The van der Waals surface area contributed by atoms with Gasteiger partial charge in [-0.3, -0.25) is 4.79 Å². The first-order chi connectivity index (χ1) is 16.0. The standard InChI is InChI=1S/C23H32BN3O7/c1-22(2)13-9-15(22)23(3)16(10-13)33-24(34-23)17(27-18(28)11-26-21(25)31)8-12-6-5-7-14(20(29)30)19(12)32-4/h5-7,13,15-17H,8-11H2,1-4H3,(H,27,28)(H,29,30)(H3,25,26,31). The Morgan fingerprint density at radius 2 is 2.03 bits per heavy atom. The summed E-state index contributed by atoms with van der Waals surface area (Å²) in [6, 6.07) is 4.03. The Labute approximate surface area is 199 Å². The van der Waals surface area contributed by atoms with Gasteiger partial charge in [-0.2, -0.15) is 0 Å². The number of amides is 3. The third-order valence-electron chi connectivity index (χ3n) is 8.04. The molecule has 0 spiro atoms. The zero-order valence-electron chi connectivity index (χ0n) is 19.9. The number of urea groups is 1. The highest BCUT2D eigenvalue weighted by molar-refractivity contribution is 6.48. The second kappa shape index (κ2) is 8.77. The molecule has 0 radical (unpaired) electrons. The van der Waals surface area contributed by atoms with Gasteiger partial charge in [-0.1, -0.05) is 26.0 Å². The van der Waals surface area contributed by atoms with Crippen molar-refractivity contribution in [3.8, 4) is 5.75 Å². The first-order valence-electron chi connectivity index (χ1n) is 11.5. The van der Waals surface area contributed by atoms with E-state index in [4.69, 9.17) is 19.8 Å². The van der Waals surface area contributed by atoms with E-state index in [1.807, 2.05) is 0 Å². The predicted octanol–water partition coefficient (Wildman–Crippen LogP) is 1.36. The van der Waals surface area contributed by atoms with Gasteiger partial charge in [0.2, 0.25) is 5.91 Å². The summed E-state index contributed by atoms with van der Waals surface area (Å²) in [5, 5.41) is 14.7. The molecule has 0 aromatic heterocycles. The molecule has 1 heterocycles. The summed E-state index contributed by atoms with van der Waals surface area (Å²) in [7, 11) is 0.657. The van der Waals surface area contributed by atoms with Crippen molar-refractivity contribution < 1.29 is 33.5 Å². The lowest BCUT2D eigenvalue weighted by atomic mass is 9.43. The third kappa shape index (κ3) is 4.11. The van der Waals surface area contributed by atoms with Crippen LogP contribution in [0.3, 0.4) is 0 Å². The molecule has 1 aromatic carbocycles. The largest absolute Gasteiger partial charge is 0.496 e. The molecule has 1 aliphatic heterocycles. The number of aromatic carboxylic acids is 1. The van der Waals surface area contributed by atoms with E-state index in [9.17, 15) is 19.5 Å². The quantitative estimate of drug-likeness (QED) is 0.417. The minimum absolute atomic E-state index is 0.0249. The van der Waals surface area contributed by atoms with Crippen LogP contribution in [0.2, 0.25) is 0 Å². The Morgan fingerprint density at radius 1 is 1.29 bits per heavy atom. The number of carbonyl (C=O) groups is 3. The van der Waals surface area contributed by atoms with Gasteiger partial charge in [0.1, 0.15) is 11.3 Å². The average Bonchev–Trinajstić information content (AvgIpc) is 3.14. The van der Waals surface area contributed by atoms with Crippen LogP contribution in [0.15, 0.2) is 18.2 Å². The number of benzene rings is 1. The molecule has 184 valence electrons. The number of carboxylic acids is 1. The van der Waals surface area contributed by atoms with Crippen LogP contribution in [0.4, 0.5) is 4.79 Å². The van der Waals surface area contributed by atoms with Crippen LogP contribution >= 0.6 is 0 Å². The molecule has 34 heavy (non-hydrogen) atoms. The van der Waals surface area contributed by atoms with Crippen molar-refractivity contribution in [1.29, 1.82) is 0 Å². The van der Waals surface area contributed by atoms with Crippen molar-refractivity contribution in [2.45, 2.75) is 57.7 Å². The van der Waals surface area contributed by atoms with E-state index >= 15 is 0 Å². The van der Waals surface area contributed by atoms with Gasteiger partial charge in [0.25, 0.3) is 0 Å². The van der Waals surface area contributed by atoms with Crippen LogP contribution in [0.5, 0.6) is 5.75 Å². The summed E-state index contributed by atoms with van der Waals surface area (Å²) in [4.78, 5) is 35.3. The molecule has 11 heteroatoms. The second-order valence-corrected chi connectivity index (χ2v) is 10.2. The summed E-state index contributed by atoms with van der Waals surface area (Å²) < 4.78 is 18.3. The Bertz CT molecular complexity index is 1000. The monoisotopic (exact) mass is 473 g/mol. The number of para-hydroxylation sites is 1. The fraction of sp³-hybridized carbons (Fsp3) is 0.609. The number of ether oxygens (including phenoxy) is 1. The summed E-state index contributed by atoms with van der Waals surface area (Å²) >= 11 is 0. The second-order valence-electron chi connectivity index (χ2n) is 10.2. The molecule has 5 unspecified atom stereocenters. The van der Waals surface area contributed by atoms with E-state index in [0.717, 1.165) is 12.8 Å². The minimum atomic E-state index is -1.11. The molecule has 2 bridgehead atoms. The van der Waals surface area contributed by atoms with E-state index in [-0.39, 0.29) is 35.8 Å². The summed E-state index contributed by atoms with van der Waals surface area (Å²) in [5.41, 5.74) is 5.38. The summed E-state index contributed by atoms with van der Waals surface area (Å²) in [6.45, 7) is 6.31. The highest BCUT2D eigenvalue weighted by Crippen LogP contribution is 2.65. The van der Waals surface area contributed by atoms with E-state index < -0.39 is 36.6 Å². The van der Waals surface area contributed by atoms with Crippen molar-refractivity contribution in [2.75, 3.05) is 13.7 Å². The summed E-state index contributed by atoms with van der Waals surface area (Å²) in [5.74, 6) is -1.10. The maximum Gasteiger partial charge on any atom is 0.482 e. The number of nitrogens with one attached hydrogen (secondary N) is 2. The van der Waals surface area contributed by atoms with Crippen molar-refractivity contribution in [2.24, 2.45) is 23.0 Å². The normalized spacial score (nSPS) is 29.4. The smallest absolute Gasteiger partial charge is 0.482 e. The van der Waals surface area contributed by atoms with Crippen LogP contribution in [0.25, 0.3) is 0 Å². The number of rotatable bonds is 8. The number of primary amides is 1. The summed E-state index contributed by atoms with van der Waals surface area (Å²) in [6.07, 6.45) is 2.09. The molecule has 3 saturated carbocycles. The van der Waals surface area contributed by atoms with Crippen LogP contribution < -0.4 is 21.1 Å². The highest BCUT2D eigenvalue weighted by atomic mass is 16.7. The first-order valence-corrected chi connectivity index (χ1v) is 11.5. The molecule has 3 amide bonds. The average molecular weight is 473 g/mol. The van der Waals surface area contributed by atoms with Crippen molar-refractivity contribution in [3.05, 3.63) is 29.3 Å². The van der Waals surface area contributed by atoms with Gasteiger partial charge in [0.15, 0.2) is 0 Å². The molecule has 5 atom stereocenters. The highest BCUT2D eigenvalue weighted by Gasteiger charge is 2.68. The van der Waals surface area contributed by atoms with E-state index in [2.05, 4.69) is 31.4 Å². The molecule has 4 fully saturated rings. The fourth-order valence-corrected chi connectivity index (χ4v) is 6.10. The van der Waals surface area contributed by atoms with Crippen LogP contribution in [0, 0.1) is 17.3 Å². The van der Waals surface area contributed by atoms with Gasteiger partial charge in [-0.15, -0.1) is 0 Å². The predicted molar refractivity (Wildman–Crippen MR) is 123 cm³/mol. The zero-order valence-corrected chi connectivity index (χ0v) is 19.9. The van der Waals surface area contributed by atoms with Crippen LogP contribution in [0.1, 0.15) is 49.5 Å². The SMILES string of the molecule is COc1c(CC(NC(=O)CNC(N)=O)B2OC3CC4CC(C4(C)C)C3(C)O2)cccc1C(=O)O. The molecule has 3 aliphatic carbocycles. The Kier molecular flexibility index (Phi) is 6.28. The molecular weight excluding hydrogens is 441 g/mol. The van der Waals surface area contributed by atoms with Crippen molar-refractivity contribution in [1.82, 2.24) is 10.6 Å². The van der Waals surface area contributed by atoms with Crippen LogP contribution in [-0.2, 0) is 20.5 Å². The lowest BCUT2D eigenvalue weighted by Crippen LogP contribution is -2.65. The first kappa shape index (κ1) is 24.3. The molecule has 4 aliphatic rings. The molecular formula is C23H32BN3O7. The number of methoxy groups -OCH3 is 1. The lowest BCUT2D eigenvalue weighted by molar-refractivity contribution is -0.199. The molecule has 5 N–H and O–H groups in total. The van der Waals surface area contributed by atoms with Crippen molar-refractivity contribution >= 4 is 25.0 Å². The molecule has 1 aromatic rings. The van der Waals surface area contributed by atoms with Gasteiger partial charge in [-0.25, -0.2) is 9.59 Å². The van der Waals surface area contributed by atoms with Gasteiger partial charge in [0.05, 0.1) is 31.3 Å². The third-order valence-corrected chi connectivity index (χ3v) is 8.04. The van der Waals surface area contributed by atoms with E-state index in [1.54, 1.807) is 12.1 Å². The molecule has 10 nitrogen and oxygen atoms in total. The number of nitrogens with two attached hydrogens (primary N) is 1. The van der Waals surface area contributed by atoms with E-state index in [0.29, 0.717) is 17.4 Å². The number of hydrogen-bond acceptors (Lipinski definition) is 6. The number of carbonyl (C=O) groups excluding carboxylic acids is 2. The molecule has 5 rings (SSSR count). The Hall–Kier alpha value is -2.79. The van der Waals surface area contributed by atoms with Crippen molar-refractivity contribution in [3.63, 3.8) is 0 Å². The van der Waals surface area contributed by atoms with Gasteiger partial charge < -0.3 is 35.5 Å². The lowest BCUT2D eigenvalue weighted by Gasteiger charge is -2.64. The van der Waals surface area contributed by atoms with Gasteiger partial charge >= 0.3 is 19.1 Å². The number of hydrogen-bond donors (Lipinski definition) is 4. The Balaban J connectivity index is 1.60. The Morgan fingerprint density at radius 3 is 2.65 bits per heavy atom. The van der Waals surface area contributed by atoms with Crippen LogP contribution in [-0.4, -0.2) is 61.4 Å².